The van der Waals surface area contributed by atoms with E-state index in [0.717, 1.165) is 0 Å². The highest BCUT2D eigenvalue weighted by molar-refractivity contribution is 6.10. The molecule has 0 atom stereocenters. The van der Waals surface area contributed by atoms with Crippen molar-refractivity contribution < 1.29 is 0 Å². The predicted molar refractivity (Wildman–Crippen MR) is 186 cm³/mol. The van der Waals surface area contributed by atoms with E-state index in [0.29, 0.717) is 0 Å². The van der Waals surface area contributed by atoms with Crippen molar-refractivity contribution in [3.63, 3.8) is 0 Å². The average molecular weight is 561 g/mol. The molecule has 0 fully saturated rings. The van der Waals surface area contributed by atoms with Gasteiger partial charge in [0.25, 0.3) is 0 Å². The van der Waals surface area contributed by atoms with E-state index in [9.17, 15) is 0 Å². The Bertz CT molecular complexity index is 2370. The number of nitrogens with zero attached hydrogens (tertiary/aromatic N) is 2. The normalized spacial score (nSPS) is 11.6. The van der Waals surface area contributed by atoms with Crippen molar-refractivity contribution in [2.75, 3.05) is 0 Å². The lowest BCUT2D eigenvalue weighted by Gasteiger charge is -2.11. The molecule has 0 spiro atoms. The van der Waals surface area contributed by atoms with Gasteiger partial charge in [-0.1, -0.05) is 121 Å². The Morgan fingerprint density at radius 2 is 0.614 bits per heavy atom. The maximum atomic E-state index is 2.38. The topological polar surface area (TPSA) is 9.86 Å². The highest BCUT2D eigenvalue weighted by atomic mass is 15.0. The lowest BCUT2D eigenvalue weighted by molar-refractivity contribution is 1.18. The zero-order valence-corrected chi connectivity index (χ0v) is 24.1. The Balaban J connectivity index is 1.06. The summed E-state index contributed by atoms with van der Waals surface area (Å²) in [5.41, 5.74) is 12.1. The molecule has 2 aromatic heterocycles. The van der Waals surface area contributed by atoms with Gasteiger partial charge in [-0.2, -0.15) is 0 Å². The van der Waals surface area contributed by atoms with Crippen LogP contribution in [0, 0.1) is 0 Å². The molecule has 7 aromatic carbocycles. The fourth-order valence-corrected chi connectivity index (χ4v) is 6.88. The first-order chi connectivity index (χ1) is 21.8. The lowest BCUT2D eigenvalue weighted by atomic mass is 10.00. The first-order valence-corrected chi connectivity index (χ1v) is 15.1. The summed E-state index contributed by atoms with van der Waals surface area (Å²) < 4.78 is 4.74. The van der Waals surface area contributed by atoms with Gasteiger partial charge < -0.3 is 9.13 Å². The molecule has 0 aliphatic carbocycles. The van der Waals surface area contributed by atoms with Crippen LogP contribution in [0.25, 0.3) is 77.2 Å². The fraction of sp³-hybridized carbons (Fsp3) is 0. The largest absolute Gasteiger partial charge is 0.309 e. The van der Waals surface area contributed by atoms with Gasteiger partial charge in [0.05, 0.1) is 22.1 Å². The highest BCUT2D eigenvalue weighted by Gasteiger charge is 2.13. The number of rotatable bonds is 4. The number of fused-ring (bicyclic) bond motifs is 6. The van der Waals surface area contributed by atoms with Crippen molar-refractivity contribution in [2.45, 2.75) is 0 Å². The minimum absolute atomic E-state index is 1.17. The predicted octanol–water partition coefficient (Wildman–Crippen LogP) is 11.2. The smallest absolute Gasteiger partial charge is 0.0541 e. The number of aromatic nitrogens is 2. The van der Waals surface area contributed by atoms with E-state index < -0.39 is 0 Å². The molecule has 0 unspecified atom stereocenters. The molecular weight excluding hydrogens is 532 g/mol. The van der Waals surface area contributed by atoms with Crippen LogP contribution in [-0.4, -0.2) is 9.13 Å². The Labute approximate surface area is 255 Å². The second-order valence-electron chi connectivity index (χ2n) is 11.4. The third kappa shape index (κ3) is 3.82. The van der Waals surface area contributed by atoms with Crippen molar-refractivity contribution in [1.82, 2.24) is 9.13 Å². The van der Waals surface area contributed by atoms with Gasteiger partial charge in [0, 0.05) is 32.9 Å². The van der Waals surface area contributed by atoms with E-state index in [-0.39, 0.29) is 0 Å². The second kappa shape index (κ2) is 9.86. The van der Waals surface area contributed by atoms with Crippen LogP contribution in [0.5, 0.6) is 0 Å². The van der Waals surface area contributed by atoms with E-state index in [1.165, 1.54) is 77.2 Å². The van der Waals surface area contributed by atoms with Gasteiger partial charge in [0.2, 0.25) is 0 Å². The molecule has 0 saturated carbocycles. The summed E-state index contributed by atoms with van der Waals surface area (Å²) in [6.45, 7) is 0. The van der Waals surface area contributed by atoms with Crippen LogP contribution in [0.1, 0.15) is 0 Å². The molecule has 44 heavy (non-hydrogen) atoms. The Morgan fingerprint density at radius 3 is 1.07 bits per heavy atom. The van der Waals surface area contributed by atoms with E-state index in [1.54, 1.807) is 0 Å². The standard InChI is InChI=1S/C42H28N2/c1-5-16-39-35(12-1)36-13-2-6-17-40(36)43(39)33-26-24-30(25-27-33)29-20-22-31(23-21-29)32-10-9-11-34(28-32)44-41-18-7-3-14-37(41)38-15-4-8-19-42(38)44/h1-28H. The molecule has 0 N–H and O–H groups in total. The molecule has 0 bridgehead atoms. The van der Waals surface area contributed by atoms with Gasteiger partial charge in [0.15, 0.2) is 0 Å². The molecule has 2 heteroatoms. The van der Waals surface area contributed by atoms with Gasteiger partial charge in [-0.25, -0.2) is 0 Å². The molecule has 0 aliphatic heterocycles. The van der Waals surface area contributed by atoms with Gasteiger partial charge in [-0.15, -0.1) is 0 Å². The van der Waals surface area contributed by atoms with Crippen molar-refractivity contribution >= 4 is 43.6 Å². The van der Waals surface area contributed by atoms with Crippen LogP contribution >= 0.6 is 0 Å². The zero-order chi connectivity index (χ0) is 29.0. The summed E-state index contributed by atoms with van der Waals surface area (Å²) in [6.07, 6.45) is 0. The Hall–Kier alpha value is -5.86. The number of hydrogen-bond acceptors (Lipinski definition) is 0. The fourth-order valence-electron chi connectivity index (χ4n) is 6.88. The van der Waals surface area contributed by atoms with E-state index in [2.05, 4.69) is 179 Å². The van der Waals surface area contributed by atoms with Gasteiger partial charge in [-0.05, 0) is 70.8 Å². The highest BCUT2D eigenvalue weighted by Crippen LogP contribution is 2.35. The summed E-state index contributed by atoms with van der Waals surface area (Å²) >= 11 is 0. The quantitative estimate of drug-likeness (QED) is 0.203. The SMILES string of the molecule is c1cc(-c2ccc(-c3ccc(-n4c5ccccc5c5ccccc54)cc3)cc2)cc(-n2c3ccccc3c3ccccc32)c1. The minimum Gasteiger partial charge on any atom is -0.309 e. The molecule has 2 nitrogen and oxygen atoms in total. The number of hydrogen-bond donors (Lipinski definition) is 0. The van der Waals surface area contributed by atoms with Crippen LogP contribution in [0.3, 0.4) is 0 Å². The van der Waals surface area contributed by atoms with Crippen LogP contribution in [-0.2, 0) is 0 Å². The van der Waals surface area contributed by atoms with Crippen LogP contribution < -0.4 is 0 Å². The molecule has 0 amide bonds. The molecule has 0 aliphatic rings. The zero-order valence-electron chi connectivity index (χ0n) is 24.1. The minimum atomic E-state index is 1.17. The second-order valence-corrected chi connectivity index (χ2v) is 11.4. The molecule has 9 aromatic rings. The monoisotopic (exact) mass is 560 g/mol. The lowest BCUT2D eigenvalue weighted by Crippen LogP contribution is -1.94. The molecular formula is C42H28N2. The maximum absolute atomic E-state index is 2.38. The summed E-state index contributed by atoms with van der Waals surface area (Å²) in [5.74, 6) is 0. The first-order valence-electron chi connectivity index (χ1n) is 15.1. The van der Waals surface area contributed by atoms with Crippen LogP contribution in [0.2, 0.25) is 0 Å². The Morgan fingerprint density at radius 1 is 0.250 bits per heavy atom. The molecule has 206 valence electrons. The van der Waals surface area contributed by atoms with E-state index in [1.807, 2.05) is 0 Å². The van der Waals surface area contributed by atoms with Crippen molar-refractivity contribution in [1.29, 1.82) is 0 Å². The van der Waals surface area contributed by atoms with Gasteiger partial charge in [-0.3, -0.25) is 0 Å². The van der Waals surface area contributed by atoms with E-state index >= 15 is 0 Å². The van der Waals surface area contributed by atoms with E-state index in [4.69, 9.17) is 0 Å². The number of benzene rings is 7. The molecule has 0 saturated heterocycles. The molecule has 0 radical (unpaired) electrons. The first kappa shape index (κ1) is 24.7. The molecule has 2 heterocycles. The Kier molecular flexibility index (Phi) is 5.54. The summed E-state index contributed by atoms with van der Waals surface area (Å²) in [5, 5.41) is 5.12. The van der Waals surface area contributed by atoms with Crippen molar-refractivity contribution in [3.8, 4) is 33.6 Å². The van der Waals surface area contributed by atoms with Crippen LogP contribution in [0.4, 0.5) is 0 Å². The van der Waals surface area contributed by atoms with Gasteiger partial charge >= 0.3 is 0 Å². The van der Waals surface area contributed by atoms with Gasteiger partial charge in [0.1, 0.15) is 0 Å². The van der Waals surface area contributed by atoms with Crippen molar-refractivity contribution in [3.05, 3.63) is 170 Å². The number of para-hydroxylation sites is 4. The summed E-state index contributed by atoms with van der Waals surface area (Å²) in [7, 11) is 0. The third-order valence-corrected chi connectivity index (χ3v) is 8.94. The average Bonchev–Trinajstić information content (AvgIpc) is 3.62. The summed E-state index contributed by atoms with van der Waals surface area (Å²) in [4.78, 5) is 0. The van der Waals surface area contributed by atoms with Crippen molar-refractivity contribution in [2.24, 2.45) is 0 Å². The van der Waals surface area contributed by atoms with Crippen LogP contribution in [0.15, 0.2) is 170 Å². The molecule has 9 rings (SSSR count). The third-order valence-electron chi connectivity index (χ3n) is 8.94. The maximum Gasteiger partial charge on any atom is 0.0541 e. The summed E-state index contributed by atoms with van der Waals surface area (Å²) in [6, 6.07) is 61.4.